The van der Waals surface area contributed by atoms with Crippen LogP contribution >= 0.6 is 0 Å². The van der Waals surface area contributed by atoms with Crippen LogP contribution in [0.15, 0.2) is 12.5 Å². The Hall–Kier alpha value is -0.870. The summed E-state index contributed by atoms with van der Waals surface area (Å²) >= 11 is 0. The van der Waals surface area contributed by atoms with Gasteiger partial charge in [-0.05, 0) is 32.2 Å². The van der Waals surface area contributed by atoms with Crippen molar-refractivity contribution in [1.29, 1.82) is 0 Å². The van der Waals surface area contributed by atoms with E-state index in [1.54, 1.807) is 13.4 Å². The van der Waals surface area contributed by atoms with Crippen molar-refractivity contribution in [1.82, 2.24) is 14.9 Å². The normalized spacial score (nSPS) is 21.8. The van der Waals surface area contributed by atoms with E-state index in [4.69, 9.17) is 4.74 Å². The van der Waals surface area contributed by atoms with Crippen LogP contribution in [0.25, 0.3) is 0 Å². The number of piperidine rings is 1. The van der Waals surface area contributed by atoms with Crippen molar-refractivity contribution >= 4 is 0 Å². The van der Waals surface area contributed by atoms with Gasteiger partial charge in [-0.2, -0.15) is 0 Å². The van der Waals surface area contributed by atoms with E-state index in [1.807, 2.05) is 6.20 Å². The number of ether oxygens (including phenoxy) is 1. The number of rotatable bonds is 6. The van der Waals surface area contributed by atoms with Gasteiger partial charge in [-0.25, -0.2) is 4.98 Å². The van der Waals surface area contributed by atoms with Gasteiger partial charge < -0.3 is 9.72 Å². The first kappa shape index (κ1) is 12.6. The van der Waals surface area contributed by atoms with Crippen LogP contribution in [-0.2, 0) is 11.3 Å². The Morgan fingerprint density at radius 1 is 1.53 bits per heavy atom. The van der Waals surface area contributed by atoms with Crippen LogP contribution in [-0.4, -0.2) is 41.2 Å². The molecule has 96 valence electrons. The summed E-state index contributed by atoms with van der Waals surface area (Å²) in [6, 6.07) is 0.724. The van der Waals surface area contributed by atoms with Crippen molar-refractivity contribution < 1.29 is 4.74 Å². The number of hydrogen-bond acceptors (Lipinski definition) is 3. The molecule has 1 N–H and O–H groups in total. The lowest BCUT2D eigenvalue weighted by molar-refractivity contribution is 0.115. The number of aromatic nitrogens is 2. The molecular weight excluding hydrogens is 214 g/mol. The van der Waals surface area contributed by atoms with Crippen LogP contribution < -0.4 is 0 Å². The van der Waals surface area contributed by atoms with E-state index >= 15 is 0 Å². The molecule has 0 bridgehead atoms. The maximum atomic E-state index is 5.14. The van der Waals surface area contributed by atoms with Crippen LogP contribution in [0.1, 0.15) is 37.8 Å². The summed E-state index contributed by atoms with van der Waals surface area (Å²) in [6.07, 6.45) is 10.1. The van der Waals surface area contributed by atoms with Crippen molar-refractivity contribution in [2.45, 2.75) is 44.7 Å². The highest BCUT2D eigenvalue weighted by Gasteiger charge is 2.22. The average Bonchev–Trinajstić information content (AvgIpc) is 2.84. The molecule has 2 rings (SSSR count). The van der Waals surface area contributed by atoms with E-state index < -0.39 is 0 Å². The fraction of sp³-hybridized carbons (Fsp3) is 0.769. The lowest BCUT2D eigenvalue weighted by Gasteiger charge is -2.35. The van der Waals surface area contributed by atoms with Gasteiger partial charge in [-0.15, -0.1) is 0 Å². The molecule has 17 heavy (non-hydrogen) atoms. The predicted octanol–water partition coefficient (Wildman–Crippen LogP) is 2.19. The summed E-state index contributed by atoms with van der Waals surface area (Å²) in [7, 11) is 1.78. The van der Waals surface area contributed by atoms with Gasteiger partial charge in [0.2, 0.25) is 0 Å². The van der Waals surface area contributed by atoms with Crippen molar-refractivity contribution in [2.75, 3.05) is 20.3 Å². The molecule has 1 saturated heterocycles. The van der Waals surface area contributed by atoms with Crippen molar-refractivity contribution in [2.24, 2.45) is 0 Å². The zero-order chi connectivity index (χ0) is 11.9. The summed E-state index contributed by atoms with van der Waals surface area (Å²) in [5.41, 5.74) is 1.23. The minimum absolute atomic E-state index is 0.724. The predicted molar refractivity (Wildman–Crippen MR) is 67.7 cm³/mol. The second kappa shape index (κ2) is 6.77. The van der Waals surface area contributed by atoms with E-state index in [2.05, 4.69) is 14.9 Å². The van der Waals surface area contributed by atoms with Crippen molar-refractivity contribution in [3.05, 3.63) is 18.2 Å². The second-order valence-corrected chi connectivity index (χ2v) is 4.83. The molecule has 2 heterocycles. The summed E-state index contributed by atoms with van der Waals surface area (Å²) in [4.78, 5) is 9.87. The second-order valence-electron chi connectivity index (χ2n) is 4.83. The van der Waals surface area contributed by atoms with Gasteiger partial charge in [0.15, 0.2) is 0 Å². The molecule has 1 aromatic rings. The number of hydrogen-bond donors (Lipinski definition) is 1. The summed E-state index contributed by atoms with van der Waals surface area (Å²) < 4.78 is 5.14. The summed E-state index contributed by atoms with van der Waals surface area (Å²) in [5.74, 6) is 0. The Bertz CT molecular complexity index is 300. The SMILES string of the molecule is COCCCC1CCCCN1Cc1cnc[nH]1. The fourth-order valence-electron chi connectivity index (χ4n) is 2.65. The van der Waals surface area contributed by atoms with E-state index in [0.29, 0.717) is 0 Å². The minimum Gasteiger partial charge on any atom is -0.385 e. The molecule has 4 heteroatoms. The summed E-state index contributed by atoms with van der Waals surface area (Å²) in [5, 5.41) is 0. The molecule has 0 radical (unpaired) electrons. The largest absolute Gasteiger partial charge is 0.385 e. The molecule has 0 spiro atoms. The first-order chi connectivity index (χ1) is 8.40. The number of aromatic amines is 1. The molecule has 4 nitrogen and oxygen atoms in total. The van der Waals surface area contributed by atoms with E-state index in [1.165, 1.54) is 44.3 Å². The number of methoxy groups -OCH3 is 1. The van der Waals surface area contributed by atoms with E-state index in [0.717, 1.165) is 19.2 Å². The van der Waals surface area contributed by atoms with Crippen LogP contribution in [0.5, 0.6) is 0 Å². The Morgan fingerprint density at radius 2 is 2.47 bits per heavy atom. The quantitative estimate of drug-likeness (QED) is 0.771. The molecule has 0 saturated carbocycles. The minimum atomic E-state index is 0.724. The topological polar surface area (TPSA) is 41.1 Å². The van der Waals surface area contributed by atoms with Crippen molar-refractivity contribution in [3.8, 4) is 0 Å². The third-order valence-corrected chi connectivity index (χ3v) is 3.56. The molecule has 1 aliphatic rings. The van der Waals surface area contributed by atoms with Gasteiger partial charge in [0.1, 0.15) is 0 Å². The standard InChI is InChI=1S/C13H23N3O/c1-17-8-4-6-13-5-2-3-7-16(13)10-12-9-14-11-15-12/h9,11,13H,2-8,10H2,1H3,(H,14,15). The van der Waals surface area contributed by atoms with Gasteiger partial charge in [-0.1, -0.05) is 6.42 Å². The zero-order valence-electron chi connectivity index (χ0n) is 10.7. The first-order valence-corrected chi connectivity index (χ1v) is 6.60. The highest BCUT2D eigenvalue weighted by atomic mass is 16.5. The van der Waals surface area contributed by atoms with Gasteiger partial charge in [0.05, 0.1) is 6.33 Å². The zero-order valence-corrected chi connectivity index (χ0v) is 10.7. The monoisotopic (exact) mass is 237 g/mol. The fourth-order valence-corrected chi connectivity index (χ4v) is 2.65. The number of nitrogens with one attached hydrogen (secondary N) is 1. The third-order valence-electron chi connectivity index (χ3n) is 3.56. The number of imidazole rings is 1. The van der Waals surface area contributed by atoms with Crippen LogP contribution in [0.4, 0.5) is 0 Å². The Morgan fingerprint density at radius 3 is 3.24 bits per heavy atom. The van der Waals surface area contributed by atoms with Crippen LogP contribution in [0, 0.1) is 0 Å². The number of H-pyrrole nitrogens is 1. The maximum absolute atomic E-state index is 5.14. The van der Waals surface area contributed by atoms with Crippen molar-refractivity contribution in [3.63, 3.8) is 0 Å². The molecule has 1 atom stereocenters. The van der Waals surface area contributed by atoms with Gasteiger partial charge in [0.25, 0.3) is 0 Å². The molecule has 1 unspecified atom stereocenters. The van der Waals surface area contributed by atoms with Crippen LogP contribution in [0.3, 0.4) is 0 Å². The molecule has 0 aromatic carbocycles. The van der Waals surface area contributed by atoms with Crippen LogP contribution in [0.2, 0.25) is 0 Å². The lowest BCUT2D eigenvalue weighted by atomic mass is 9.98. The lowest BCUT2D eigenvalue weighted by Crippen LogP contribution is -2.39. The average molecular weight is 237 g/mol. The van der Waals surface area contributed by atoms with Gasteiger partial charge in [-0.3, -0.25) is 4.90 Å². The van der Waals surface area contributed by atoms with E-state index in [9.17, 15) is 0 Å². The molecule has 0 aliphatic carbocycles. The smallest absolute Gasteiger partial charge is 0.0922 e. The number of nitrogens with zero attached hydrogens (tertiary/aromatic N) is 2. The van der Waals surface area contributed by atoms with Gasteiger partial charge >= 0.3 is 0 Å². The molecular formula is C13H23N3O. The highest BCUT2D eigenvalue weighted by molar-refractivity contribution is 4.95. The van der Waals surface area contributed by atoms with E-state index in [-0.39, 0.29) is 0 Å². The molecule has 1 aromatic heterocycles. The molecule has 1 fully saturated rings. The first-order valence-electron chi connectivity index (χ1n) is 6.60. The maximum Gasteiger partial charge on any atom is 0.0922 e. The molecule has 0 amide bonds. The highest BCUT2D eigenvalue weighted by Crippen LogP contribution is 2.22. The Kier molecular flexibility index (Phi) is 5.01. The molecule has 1 aliphatic heterocycles. The number of likely N-dealkylation sites (tertiary alicyclic amines) is 1. The van der Waals surface area contributed by atoms with Gasteiger partial charge in [0, 0.05) is 38.2 Å². The Balaban J connectivity index is 1.83. The third kappa shape index (κ3) is 3.82. The summed E-state index contributed by atoms with van der Waals surface area (Å²) in [6.45, 7) is 3.11. The Labute approximate surface area is 103 Å².